The van der Waals surface area contributed by atoms with Crippen LogP contribution in [0, 0.1) is 0 Å². The van der Waals surface area contributed by atoms with Crippen molar-refractivity contribution in [3.8, 4) is 0 Å². The summed E-state index contributed by atoms with van der Waals surface area (Å²) >= 11 is 7.58. The summed E-state index contributed by atoms with van der Waals surface area (Å²) in [6.07, 6.45) is 5.24. The van der Waals surface area contributed by atoms with E-state index in [4.69, 9.17) is 11.6 Å². The van der Waals surface area contributed by atoms with Crippen molar-refractivity contribution in [3.05, 3.63) is 21.3 Å². The molecule has 136 valence electrons. The molecule has 24 heavy (non-hydrogen) atoms. The van der Waals surface area contributed by atoms with Gasteiger partial charge in [0.05, 0.1) is 4.34 Å². The van der Waals surface area contributed by atoms with Gasteiger partial charge < -0.3 is 10.6 Å². The fourth-order valence-electron chi connectivity index (χ4n) is 3.03. The fraction of sp³-hybridized carbons (Fsp3) is 0.706. The molecular weight excluding hydrogens is 362 g/mol. The monoisotopic (exact) mass is 389 g/mol. The Balaban J connectivity index is 1.87. The van der Waals surface area contributed by atoms with Crippen molar-refractivity contribution < 1.29 is 4.21 Å². The van der Waals surface area contributed by atoms with Crippen LogP contribution in [0.2, 0.25) is 4.34 Å². The molecule has 1 fully saturated rings. The van der Waals surface area contributed by atoms with Crippen LogP contribution in [-0.2, 0) is 17.2 Å². The Morgan fingerprint density at radius 3 is 2.92 bits per heavy atom. The Bertz CT molecular complexity index is 562. The molecule has 1 heterocycles. The molecule has 1 aromatic rings. The molecular formula is C17H28ClN3OS2. The van der Waals surface area contributed by atoms with Crippen LogP contribution in [0.25, 0.3) is 0 Å². The lowest BCUT2D eigenvalue weighted by atomic mass is 9.95. The van der Waals surface area contributed by atoms with E-state index in [2.05, 4.69) is 28.6 Å². The van der Waals surface area contributed by atoms with Gasteiger partial charge in [-0.3, -0.25) is 9.20 Å². The lowest BCUT2D eigenvalue weighted by Crippen LogP contribution is -2.46. The second-order valence-electron chi connectivity index (χ2n) is 6.02. The third-order valence-corrected chi connectivity index (χ3v) is 7.26. The second kappa shape index (κ2) is 10.4. The lowest BCUT2D eigenvalue weighted by Gasteiger charge is -2.30. The molecule has 1 aromatic heterocycles. The largest absolute Gasteiger partial charge is 0.357 e. The maximum Gasteiger partial charge on any atom is 0.191 e. The van der Waals surface area contributed by atoms with Gasteiger partial charge in [-0.25, -0.2) is 0 Å². The lowest BCUT2D eigenvalue weighted by molar-refractivity contribution is 0.413. The smallest absolute Gasteiger partial charge is 0.191 e. The molecule has 0 bridgehead atoms. The van der Waals surface area contributed by atoms with E-state index in [1.807, 2.05) is 13.0 Å². The molecule has 3 unspecified atom stereocenters. The molecule has 0 radical (unpaired) electrons. The highest BCUT2D eigenvalue weighted by Gasteiger charge is 2.25. The zero-order chi connectivity index (χ0) is 17.4. The van der Waals surface area contributed by atoms with E-state index in [-0.39, 0.29) is 0 Å². The number of halogens is 1. The summed E-state index contributed by atoms with van der Waals surface area (Å²) in [6, 6.07) is 4.37. The van der Waals surface area contributed by atoms with Gasteiger partial charge in [-0.2, -0.15) is 0 Å². The standard InChI is InChI=1S/C17H28ClN3OS2/c1-3-19-17(20-11-10-14-8-9-16(18)23-14)21-13-6-5-7-15(12-13)24(22)4-2/h8-9,13,15H,3-7,10-12H2,1-2H3,(H2,19,20,21). The minimum absolute atomic E-state index is 0.331. The molecule has 1 aliphatic carbocycles. The number of rotatable bonds is 7. The van der Waals surface area contributed by atoms with E-state index in [0.717, 1.165) is 61.2 Å². The number of nitrogens with one attached hydrogen (secondary N) is 2. The summed E-state index contributed by atoms with van der Waals surface area (Å²) in [5, 5.41) is 7.19. The number of guanidine groups is 1. The van der Waals surface area contributed by atoms with Crippen LogP contribution >= 0.6 is 22.9 Å². The molecule has 1 aliphatic rings. The molecule has 2 rings (SSSR count). The van der Waals surface area contributed by atoms with E-state index in [0.29, 0.717) is 11.3 Å². The predicted octanol–water partition coefficient (Wildman–Crippen LogP) is 3.58. The second-order valence-corrected chi connectivity index (χ2v) is 9.82. The Hall–Kier alpha value is -0.590. The van der Waals surface area contributed by atoms with Gasteiger partial charge in [0.15, 0.2) is 5.96 Å². The van der Waals surface area contributed by atoms with Crippen LogP contribution in [0.4, 0.5) is 0 Å². The highest BCUT2D eigenvalue weighted by molar-refractivity contribution is 7.85. The van der Waals surface area contributed by atoms with Crippen molar-refractivity contribution in [1.82, 2.24) is 10.6 Å². The van der Waals surface area contributed by atoms with Gasteiger partial charge in [-0.15, -0.1) is 11.3 Å². The summed E-state index contributed by atoms with van der Waals surface area (Å²) in [5.41, 5.74) is 0. The molecule has 4 nitrogen and oxygen atoms in total. The molecule has 0 amide bonds. The first kappa shape index (κ1) is 19.7. The van der Waals surface area contributed by atoms with Crippen LogP contribution < -0.4 is 10.6 Å². The number of hydrogen-bond acceptors (Lipinski definition) is 3. The van der Waals surface area contributed by atoms with E-state index in [1.54, 1.807) is 11.3 Å². The normalized spacial score (nSPS) is 23.0. The molecule has 0 aliphatic heterocycles. The zero-order valence-electron chi connectivity index (χ0n) is 14.5. The van der Waals surface area contributed by atoms with Crippen molar-refractivity contribution in [3.63, 3.8) is 0 Å². The van der Waals surface area contributed by atoms with Gasteiger partial charge in [0, 0.05) is 52.2 Å². The minimum atomic E-state index is -0.692. The van der Waals surface area contributed by atoms with Crippen LogP contribution in [0.15, 0.2) is 17.1 Å². The number of thiophene rings is 1. The summed E-state index contributed by atoms with van der Waals surface area (Å²) in [4.78, 5) is 5.94. The van der Waals surface area contributed by atoms with E-state index < -0.39 is 10.8 Å². The average molecular weight is 390 g/mol. The highest BCUT2D eigenvalue weighted by atomic mass is 35.5. The SMILES string of the molecule is CCNC(=NCCc1ccc(Cl)s1)NC1CCCC(S(=O)CC)C1. The van der Waals surface area contributed by atoms with Gasteiger partial charge in [-0.1, -0.05) is 24.9 Å². The van der Waals surface area contributed by atoms with Crippen LogP contribution in [0.1, 0.15) is 44.4 Å². The molecule has 0 aromatic carbocycles. The maximum absolute atomic E-state index is 12.1. The molecule has 3 atom stereocenters. The van der Waals surface area contributed by atoms with Crippen LogP contribution in [0.3, 0.4) is 0 Å². The van der Waals surface area contributed by atoms with E-state index in [9.17, 15) is 4.21 Å². The fourth-order valence-corrected chi connectivity index (χ4v) is 5.45. The molecule has 0 saturated heterocycles. The number of aliphatic imine (C=N–C) groups is 1. The quantitative estimate of drug-likeness (QED) is 0.553. The Morgan fingerprint density at radius 1 is 1.42 bits per heavy atom. The first-order valence-electron chi connectivity index (χ1n) is 8.78. The summed E-state index contributed by atoms with van der Waals surface area (Å²) < 4.78 is 12.9. The third-order valence-electron chi connectivity index (χ3n) is 4.22. The van der Waals surface area contributed by atoms with Crippen molar-refractivity contribution in [2.45, 2.75) is 57.2 Å². The molecule has 2 N–H and O–H groups in total. The van der Waals surface area contributed by atoms with Crippen molar-refractivity contribution in [2.75, 3.05) is 18.8 Å². The van der Waals surface area contributed by atoms with Gasteiger partial charge >= 0.3 is 0 Å². The summed E-state index contributed by atoms with van der Waals surface area (Å²) in [7, 11) is -0.692. The van der Waals surface area contributed by atoms with E-state index >= 15 is 0 Å². The third kappa shape index (κ3) is 6.37. The molecule has 0 spiro atoms. The Labute approximate surface area is 156 Å². The summed E-state index contributed by atoms with van der Waals surface area (Å²) in [6.45, 7) is 5.67. The first-order chi connectivity index (χ1) is 11.6. The molecule has 7 heteroatoms. The zero-order valence-corrected chi connectivity index (χ0v) is 16.9. The van der Waals surface area contributed by atoms with Crippen molar-refractivity contribution in [2.24, 2.45) is 4.99 Å². The van der Waals surface area contributed by atoms with E-state index in [1.165, 1.54) is 4.88 Å². The van der Waals surface area contributed by atoms with Crippen LogP contribution in [0.5, 0.6) is 0 Å². The minimum Gasteiger partial charge on any atom is -0.357 e. The topological polar surface area (TPSA) is 53.5 Å². The maximum atomic E-state index is 12.1. The van der Waals surface area contributed by atoms with Gasteiger partial charge in [0.25, 0.3) is 0 Å². The average Bonchev–Trinajstić information content (AvgIpc) is 3.00. The Morgan fingerprint density at radius 2 is 2.25 bits per heavy atom. The molecule has 1 saturated carbocycles. The van der Waals surface area contributed by atoms with Crippen molar-refractivity contribution >= 4 is 39.7 Å². The Kier molecular flexibility index (Phi) is 8.56. The first-order valence-corrected chi connectivity index (χ1v) is 11.4. The van der Waals surface area contributed by atoms with Crippen LogP contribution in [-0.4, -0.2) is 40.3 Å². The van der Waals surface area contributed by atoms with Gasteiger partial charge in [0.1, 0.15) is 0 Å². The van der Waals surface area contributed by atoms with Gasteiger partial charge in [-0.05, 0) is 38.3 Å². The number of hydrogen-bond donors (Lipinski definition) is 2. The highest BCUT2D eigenvalue weighted by Crippen LogP contribution is 2.23. The predicted molar refractivity (Wildman–Crippen MR) is 107 cm³/mol. The van der Waals surface area contributed by atoms with Gasteiger partial charge in [0.2, 0.25) is 0 Å². The van der Waals surface area contributed by atoms with Crippen molar-refractivity contribution in [1.29, 1.82) is 0 Å². The number of nitrogens with zero attached hydrogens (tertiary/aromatic N) is 1. The summed E-state index contributed by atoms with van der Waals surface area (Å²) in [5.74, 6) is 1.63.